The van der Waals surface area contributed by atoms with E-state index in [0.717, 1.165) is 33.8 Å². The number of hydrogen-bond donors (Lipinski definition) is 1. The molecular formula is C19H26N2OS. The number of anilines is 1. The SMILES string of the molecule is Cc1cc(N=S(=O)(CCC(C)C)c2ccccc2)c(C)cc1N. The van der Waals surface area contributed by atoms with Gasteiger partial charge in [-0.3, -0.25) is 0 Å². The largest absolute Gasteiger partial charge is 0.399 e. The van der Waals surface area contributed by atoms with Gasteiger partial charge in [0.2, 0.25) is 0 Å². The second-order valence-corrected chi connectivity index (χ2v) is 8.77. The molecule has 2 N–H and O–H groups in total. The van der Waals surface area contributed by atoms with Crippen molar-refractivity contribution in [1.82, 2.24) is 0 Å². The van der Waals surface area contributed by atoms with Crippen molar-refractivity contribution in [1.29, 1.82) is 0 Å². The van der Waals surface area contributed by atoms with Crippen LogP contribution in [0, 0.1) is 19.8 Å². The van der Waals surface area contributed by atoms with Gasteiger partial charge in [0, 0.05) is 16.3 Å². The molecule has 0 spiro atoms. The minimum Gasteiger partial charge on any atom is -0.399 e. The number of nitrogens with two attached hydrogens (primary N) is 1. The average Bonchev–Trinajstić information content (AvgIpc) is 2.51. The van der Waals surface area contributed by atoms with Gasteiger partial charge >= 0.3 is 0 Å². The molecule has 0 radical (unpaired) electrons. The van der Waals surface area contributed by atoms with Crippen LogP contribution in [-0.2, 0) is 9.73 Å². The summed E-state index contributed by atoms with van der Waals surface area (Å²) < 4.78 is 18.3. The molecule has 0 heterocycles. The van der Waals surface area contributed by atoms with Crippen molar-refractivity contribution in [3.8, 4) is 0 Å². The molecule has 0 bridgehead atoms. The van der Waals surface area contributed by atoms with E-state index in [1.807, 2.05) is 56.3 Å². The number of hydrogen-bond acceptors (Lipinski definition) is 3. The fourth-order valence-corrected chi connectivity index (χ4v) is 4.65. The van der Waals surface area contributed by atoms with E-state index in [0.29, 0.717) is 11.7 Å². The monoisotopic (exact) mass is 330 g/mol. The Kier molecular flexibility index (Phi) is 5.47. The Labute approximate surface area is 140 Å². The van der Waals surface area contributed by atoms with Crippen LogP contribution in [-0.4, -0.2) is 9.96 Å². The molecule has 0 aliphatic rings. The molecule has 0 aromatic heterocycles. The molecule has 4 heteroatoms. The molecule has 0 saturated carbocycles. The van der Waals surface area contributed by atoms with Gasteiger partial charge < -0.3 is 5.73 Å². The molecule has 0 aliphatic carbocycles. The van der Waals surface area contributed by atoms with E-state index in [4.69, 9.17) is 10.1 Å². The summed E-state index contributed by atoms with van der Waals surface area (Å²) in [5, 5.41) is 0. The number of aryl methyl sites for hydroxylation is 2. The first-order valence-electron chi connectivity index (χ1n) is 7.98. The number of rotatable bonds is 5. The van der Waals surface area contributed by atoms with Crippen molar-refractivity contribution in [3.05, 3.63) is 53.6 Å². The molecule has 0 fully saturated rings. The highest BCUT2D eigenvalue weighted by atomic mass is 32.2. The van der Waals surface area contributed by atoms with E-state index in [-0.39, 0.29) is 0 Å². The molecule has 1 atom stereocenters. The van der Waals surface area contributed by atoms with Crippen molar-refractivity contribution in [2.75, 3.05) is 11.5 Å². The predicted octanol–water partition coefficient (Wildman–Crippen LogP) is 5.09. The minimum atomic E-state index is -2.48. The van der Waals surface area contributed by atoms with E-state index in [2.05, 4.69) is 13.8 Å². The lowest BCUT2D eigenvalue weighted by Gasteiger charge is -2.14. The van der Waals surface area contributed by atoms with E-state index in [1.54, 1.807) is 0 Å². The van der Waals surface area contributed by atoms with Crippen molar-refractivity contribution in [3.63, 3.8) is 0 Å². The van der Waals surface area contributed by atoms with Gasteiger partial charge in [-0.2, -0.15) is 4.36 Å². The molecular weight excluding hydrogens is 304 g/mol. The zero-order valence-corrected chi connectivity index (χ0v) is 15.2. The maximum Gasteiger partial charge on any atom is 0.0800 e. The number of nitrogens with zero attached hydrogens (tertiary/aromatic N) is 1. The second-order valence-electron chi connectivity index (χ2n) is 6.43. The van der Waals surface area contributed by atoms with Crippen LogP contribution >= 0.6 is 0 Å². The molecule has 23 heavy (non-hydrogen) atoms. The smallest absolute Gasteiger partial charge is 0.0800 e. The molecule has 2 aromatic carbocycles. The van der Waals surface area contributed by atoms with Gasteiger partial charge in [-0.1, -0.05) is 32.0 Å². The lowest BCUT2D eigenvalue weighted by Crippen LogP contribution is -2.09. The summed E-state index contributed by atoms with van der Waals surface area (Å²) in [7, 11) is -2.48. The van der Waals surface area contributed by atoms with Crippen LogP contribution in [0.25, 0.3) is 0 Å². The Morgan fingerprint density at radius 3 is 2.35 bits per heavy atom. The summed E-state index contributed by atoms with van der Waals surface area (Å²) in [5.41, 5.74) is 9.39. The molecule has 0 aliphatic heterocycles. The first-order valence-corrected chi connectivity index (χ1v) is 9.67. The van der Waals surface area contributed by atoms with Gasteiger partial charge in [-0.05, 0) is 61.6 Å². The summed E-state index contributed by atoms with van der Waals surface area (Å²) in [6, 6.07) is 13.4. The third kappa shape index (κ3) is 4.35. The van der Waals surface area contributed by atoms with Gasteiger partial charge in [0.15, 0.2) is 0 Å². The third-order valence-corrected chi connectivity index (χ3v) is 6.20. The summed E-state index contributed by atoms with van der Waals surface area (Å²) in [5.74, 6) is 1.06. The van der Waals surface area contributed by atoms with Crippen LogP contribution in [0.15, 0.2) is 51.7 Å². The topological polar surface area (TPSA) is 55.5 Å². The maximum absolute atomic E-state index is 13.6. The van der Waals surface area contributed by atoms with Crippen molar-refractivity contribution in [2.45, 2.75) is 39.0 Å². The first-order chi connectivity index (χ1) is 10.8. The van der Waals surface area contributed by atoms with Crippen LogP contribution in [0.4, 0.5) is 11.4 Å². The normalized spacial score (nSPS) is 13.8. The highest BCUT2D eigenvalue weighted by molar-refractivity contribution is 7.93. The van der Waals surface area contributed by atoms with Crippen LogP contribution in [0.1, 0.15) is 31.4 Å². The Bertz CT molecular complexity index is 789. The number of nitrogen functional groups attached to an aromatic ring is 1. The molecule has 2 rings (SSSR count). The molecule has 0 amide bonds. The Hall–Kier alpha value is -1.81. The van der Waals surface area contributed by atoms with Crippen molar-refractivity contribution < 1.29 is 4.21 Å². The van der Waals surface area contributed by atoms with Gasteiger partial charge in [0.1, 0.15) is 0 Å². The predicted molar refractivity (Wildman–Crippen MR) is 99.6 cm³/mol. The number of benzene rings is 2. The van der Waals surface area contributed by atoms with Crippen molar-refractivity contribution >= 4 is 21.1 Å². The fourth-order valence-electron chi connectivity index (χ4n) is 2.33. The Balaban J connectivity index is 2.58. The average molecular weight is 330 g/mol. The molecule has 124 valence electrons. The molecule has 1 unspecified atom stereocenters. The quantitative estimate of drug-likeness (QED) is 0.776. The van der Waals surface area contributed by atoms with Gasteiger partial charge in [0.25, 0.3) is 0 Å². The van der Waals surface area contributed by atoms with Crippen LogP contribution < -0.4 is 5.73 Å². The maximum atomic E-state index is 13.6. The summed E-state index contributed by atoms with van der Waals surface area (Å²) in [4.78, 5) is 0.800. The van der Waals surface area contributed by atoms with E-state index < -0.39 is 9.73 Å². The van der Waals surface area contributed by atoms with E-state index in [9.17, 15) is 4.21 Å². The summed E-state index contributed by atoms with van der Waals surface area (Å²) in [6.07, 6.45) is 0.879. The zero-order chi connectivity index (χ0) is 17.0. The van der Waals surface area contributed by atoms with Crippen LogP contribution in [0.3, 0.4) is 0 Å². The van der Waals surface area contributed by atoms with Gasteiger partial charge in [-0.15, -0.1) is 0 Å². The third-order valence-electron chi connectivity index (χ3n) is 3.91. The lowest BCUT2D eigenvalue weighted by atomic mass is 10.1. The summed E-state index contributed by atoms with van der Waals surface area (Å²) in [6.45, 7) is 8.20. The first kappa shape index (κ1) is 17.5. The Morgan fingerprint density at radius 1 is 1.09 bits per heavy atom. The lowest BCUT2D eigenvalue weighted by molar-refractivity contribution is 0.616. The highest BCUT2D eigenvalue weighted by Crippen LogP contribution is 2.29. The van der Waals surface area contributed by atoms with Gasteiger partial charge in [-0.25, -0.2) is 4.21 Å². The summed E-state index contributed by atoms with van der Waals surface area (Å²) >= 11 is 0. The van der Waals surface area contributed by atoms with Crippen molar-refractivity contribution in [2.24, 2.45) is 10.3 Å². The zero-order valence-electron chi connectivity index (χ0n) is 14.4. The van der Waals surface area contributed by atoms with E-state index >= 15 is 0 Å². The molecule has 3 nitrogen and oxygen atoms in total. The molecule has 0 saturated heterocycles. The minimum absolute atomic E-state index is 0.490. The molecule has 2 aromatic rings. The second kappa shape index (κ2) is 7.18. The fraction of sp³-hybridized carbons (Fsp3) is 0.368. The van der Waals surface area contributed by atoms with Gasteiger partial charge in [0.05, 0.1) is 15.4 Å². The Morgan fingerprint density at radius 2 is 1.74 bits per heavy atom. The standard InChI is InChI=1S/C19H26N2OS/c1-14(2)10-11-23(22,17-8-6-5-7-9-17)21-19-13-15(3)18(20)12-16(19)4/h5-9,12-14H,10-11,20H2,1-4H3. The van der Waals surface area contributed by atoms with E-state index in [1.165, 1.54) is 0 Å². The van der Waals surface area contributed by atoms with Crippen LogP contribution in [0.5, 0.6) is 0 Å². The van der Waals surface area contributed by atoms with Crippen LogP contribution in [0.2, 0.25) is 0 Å². The highest BCUT2D eigenvalue weighted by Gasteiger charge is 2.15.